The van der Waals surface area contributed by atoms with Gasteiger partial charge in [0.1, 0.15) is 76.1 Å². The van der Waals surface area contributed by atoms with Gasteiger partial charge < -0.3 is 153 Å². The number of esters is 9. The lowest BCUT2D eigenvalue weighted by molar-refractivity contribution is -0.279. The van der Waals surface area contributed by atoms with E-state index in [1.165, 1.54) is 32.9 Å². The number of carbonyl (C=O) groups is 13. The van der Waals surface area contributed by atoms with Crippen LogP contribution in [0.25, 0.3) is 0 Å². The van der Waals surface area contributed by atoms with E-state index in [1.54, 1.807) is 0 Å². The first-order chi connectivity index (χ1) is 62.0. The van der Waals surface area contributed by atoms with Crippen molar-refractivity contribution in [3.05, 3.63) is 17.7 Å². The summed E-state index contributed by atoms with van der Waals surface area (Å²) in [4.78, 5) is 161. The van der Waals surface area contributed by atoms with E-state index in [0.29, 0.717) is 0 Å². The molecule has 0 aromatic heterocycles. The molecular weight excluding hydrogens is 1760 g/mol. The lowest BCUT2D eigenvalue weighted by Crippen LogP contribution is -2.66. The molecule has 3 aliphatic rings. The maximum Gasteiger partial charge on any atom is 0.303 e. The van der Waals surface area contributed by atoms with E-state index in [9.17, 15) is 62.3 Å². The standard InChI is InChI=1S/C82H129N6O41P/c1-49(2)88(50(3)4)130(119-20-17-18-83)120-43-36-109-23-22-102-21-19-84-79(101)63-44-64(110-37-30-103-24-27-106-33-40-113-80-69(85-51(5)89)76(124-60(14)98)73(121-57(11)95)66(127-80)46-116-54(8)92)72(112-39-32-105-26-29-108-35-42-115-82-71(87-53(7)91)78(126-62(16)100)75(123-59(13)97)68(129-82)48-118-56(10)94)65(45-63)111-38-31-104-25-28-107-34-41-114-81-70(86-52(6)90)77(125-61(15)99)74(122-58(12)96)67(128-81)47-117-55(9)93/h44-45,49-50,66-71,73-78,80-82H,17,19-43,46-48H2,1-16H3,(H,84,101)(H,85,89)(H,86,90)(H,87,91)/t66-,67-,68-,69-,70-,71-,73+,74+,75+,76-,77-,78-,80-,81-,82-,130?/m1/s1. The quantitative estimate of drug-likeness (QED) is 0.0306. The predicted molar refractivity (Wildman–Crippen MR) is 443 cm³/mol. The van der Waals surface area contributed by atoms with Crippen molar-refractivity contribution in [2.75, 3.05) is 185 Å². The van der Waals surface area contributed by atoms with Crippen LogP contribution >= 0.6 is 8.53 Å². The Labute approximate surface area is 756 Å². The first-order valence-corrected chi connectivity index (χ1v) is 43.4. The van der Waals surface area contributed by atoms with Crippen LogP contribution in [0.1, 0.15) is 128 Å². The molecule has 0 radical (unpaired) electrons. The van der Waals surface area contributed by atoms with Crippen molar-refractivity contribution < 1.29 is 195 Å². The molecule has 3 fully saturated rings. The van der Waals surface area contributed by atoms with Gasteiger partial charge in [0.15, 0.2) is 67.0 Å². The van der Waals surface area contributed by atoms with Gasteiger partial charge in [-0.15, -0.1) is 0 Å². The second-order valence-corrected chi connectivity index (χ2v) is 30.6. The summed E-state index contributed by atoms with van der Waals surface area (Å²) >= 11 is 0. The number of ether oxygens (including phenoxy) is 26. The van der Waals surface area contributed by atoms with Crippen LogP contribution in [0, 0.1) is 11.3 Å². The Bertz CT molecular complexity index is 3530. The number of amides is 4. The zero-order valence-electron chi connectivity index (χ0n) is 76.6. The number of rotatable bonds is 65. The van der Waals surface area contributed by atoms with Crippen LogP contribution in [0.2, 0.25) is 0 Å². The van der Waals surface area contributed by atoms with Gasteiger partial charge in [0.25, 0.3) is 14.4 Å². The molecule has 0 aliphatic carbocycles. The maximum absolute atomic E-state index is 14.2. The molecule has 738 valence electrons. The molecule has 16 atom stereocenters. The Balaban J connectivity index is 1.53. The summed E-state index contributed by atoms with van der Waals surface area (Å²) in [6.45, 7) is 20.4. The van der Waals surface area contributed by atoms with Crippen molar-refractivity contribution in [3.63, 3.8) is 0 Å². The number of nitriles is 1. The Morgan fingerprint density at radius 1 is 0.362 bits per heavy atom. The second kappa shape index (κ2) is 63.9. The third-order valence-electron chi connectivity index (χ3n) is 17.6. The summed E-state index contributed by atoms with van der Waals surface area (Å²) in [5.74, 6) is -9.00. The minimum Gasteiger partial charge on any atom is -0.487 e. The average molecular weight is 1890 g/mol. The molecule has 47 nitrogen and oxygen atoms in total. The van der Waals surface area contributed by atoms with Gasteiger partial charge in [-0.2, -0.15) is 5.26 Å². The van der Waals surface area contributed by atoms with Crippen LogP contribution in [-0.2, 0) is 176 Å². The van der Waals surface area contributed by atoms with Crippen LogP contribution < -0.4 is 35.5 Å². The lowest BCUT2D eigenvalue weighted by Gasteiger charge is -2.44. The molecule has 0 bridgehead atoms. The number of nitrogens with one attached hydrogen (secondary N) is 4. The number of benzene rings is 1. The molecule has 4 amide bonds. The van der Waals surface area contributed by atoms with Crippen molar-refractivity contribution in [2.24, 2.45) is 0 Å². The van der Waals surface area contributed by atoms with E-state index in [-0.39, 0.29) is 206 Å². The van der Waals surface area contributed by atoms with Crippen LogP contribution in [0.15, 0.2) is 12.1 Å². The summed E-state index contributed by atoms with van der Waals surface area (Å²) < 4.78 is 164. The van der Waals surface area contributed by atoms with Gasteiger partial charge >= 0.3 is 53.7 Å². The smallest absolute Gasteiger partial charge is 0.303 e. The monoisotopic (exact) mass is 1880 g/mol. The summed E-state index contributed by atoms with van der Waals surface area (Å²) in [6.07, 6.45) is -15.5. The van der Waals surface area contributed by atoms with Gasteiger partial charge in [-0.05, 0) is 39.8 Å². The molecule has 130 heavy (non-hydrogen) atoms. The molecule has 3 heterocycles. The van der Waals surface area contributed by atoms with Crippen molar-refractivity contribution in [2.45, 2.75) is 221 Å². The first kappa shape index (κ1) is 113. The molecule has 3 aliphatic heterocycles. The number of nitrogens with zero attached hydrogens (tertiary/aromatic N) is 2. The first-order valence-electron chi connectivity index (χ1n) is 42.2. The van der Waals surface area contributed by atoms with Gasteiger partial charge in [-0.1, -0.05) is 0 Å². The molecule has 48 heteroatoms. The Morgan fingerprint density at radius 2 is 0.638 bits per heavy atom. The fraction of sp³-hybridized carbons (Fsp3) is 0.756. The molecule has 1 aromatic rings. The van der Waals surface area contributed by atoms with Crippen LogP contribution in [-0.4, -0.2) is 371 Å². The third kappa shape index (κ3) is 45.4. The summed E-state index contributed by atoms with van der Waals surface area (Å²) in [6, 6.07) is 1.51. The van der Waals surface area contributed by atoms with Gasteiger partial charge in [0, 0.05) is 107 Å². The topological polar surface area (TPSA) is 556 Å². The Hall–Kier alpha value is -9.03. The van der Waals surface area contributed by atoms with Gasteiger partial charge in [0.2, 0.25) is 23.5 Å². The van der Waals surface area contributed by atoms with Crippen LogP contribution in [0.5, 0.6) is 17.2 Å². The molecule has 0 spiro atoms. The number of hydrogen-bond acceptors (Lipinski definition) is 43. The predicted octanol–water partition coefficient (Wildman–Crippen LogP) is 0.996. The van der Waals surface area contributed by atoms with E-state index in [1.807, 2.05) is 27.7 Å². The van der Waals surface area contributed by atoms with E-state index in [4.69, 9.17) is 137 Å². The number of hydrogen-bond donors (Lipinski definition) is 4. The third-order valence-corrected chi connectivity index (χ3v) is 19.7. The summed E-state index contributed by atoms with van der Waals surface area (Å²) in [5.41, 5.74) is 0.0511. The lowest BCUT2D eigenvalue weighted by atomic mass is 9.96. The van der Waals surface area contributed by atoms with E-state index >= 15 is 0 Å². The highest BCUT2D eigenvalue weighted by Gasteiger charge is 2.55. The zero-order valence-corrected chi connectivity index (χ0v) is 77.4. The Kier molecular flexibility index (Phi) is 55.7. The fourth-order valence-electron chi connectivity index (χ4n) is 12.8. The van der Waals surface area contributed by atoms with Crippen molar-refractivity contribution in [1.29, 1.82) is 5.26 Å². The highest BCUT2D eigenvalue weighted by Crippen LogP contribution is 2.46. The SMILES string of the molecule is CC(=O)N[C@H]1[C@H](OCCOCCOCCOc2cc(C(=O)NCCOCCOCCOP(OCCC#N)N(C(C)C)C(C)C)cc(OCCOCCOCCO[C@@H]3O[C@H](COC(C)=O)[C@H](OC(C)=O)[C@H](OC(C)=O)[C@H]3NC(C)=O)c2OCCOCCOCCO[C@@H]2O[C@H](COC(C)=O)[C@H](OC(C)=O)[C@H](OC(C)=O)[C@H]2NC(C)=O)O[C@H](COC(C)=O)[C@H](OC(C)=O)[C@@H]1OC(C)=O. The van der Waals surface area contributed by atoms with E-state index in [2.05, 4.69) is 32.0 Å². The van der Waals surface area contributed by atoms with E-state index in [0.717, 1.165) is 62.3 Å². The molecular formula is C82H129N6O41P. The fourth-order valence-corrected chi connectivity index (χ4v) is 14.3. The highest BCUT2D eigenvalue weighted by atomic mass is 31.2. The molecule has 1 unspecified atom stereocenters. The van der Waals surface area contributed by atoms with Gasteiger partial charge in [0.05, 0.1) is 151 Å². The van der Waals surface area contributed by atoms with Gasteiger partial charge in [-0.25, -0.2) is 4.67 Å². The average Bonchev–Trinajstić information content (AvgIpc) is 0.798. The zero-order chi connectivity index (χ0) is 96.0. The summed E-state index contributed by atoms with van der Waals surface area (Å²) in [7, 11) is -1.47. The van der Waals surface area contributed by atoms with Crippen LogP contribution in [0.3, 0.4) is 0 Å². The van der Waals surface area contributed by atoms with Crippen molar-refractivity contribution in [1.82, 2.24) is 25.9 Å². The van der Waals surface area contributed by atoms with Gasteiger partial charge in [-0.3, -0.25) is 62.3 Å². The second-order valence-electron chi connectivity index (χ2n) is 29.2. The largest absolute Gasteiger partial charge is 0.487 e. The molecule has 0 saturated carbocycles. The molecule has 1 aromatic carbocycles. The highest BCUT2D eigenvalue weighted by molar-refractivity contribution is 7.44. The van der Waals surface area contributed by atoms with Crippen molar-refractivity contribution in [3.8, 4) is 23.3 Å². The molecule has 4 N–H and O–H groups in total. The number of carbonyl (C=O) groups excluding carboxylic acids is 13. The van der Waals surface area contributed by atoms with Crippen molar-refractivity contribution >= 4 is 85.9 Å². The minimum absolute atomic E-state index is 0.00849. The van der Waals surface area contributed by atoms with Crippen LogP contribution in [0.4, 0.5) is 0 Å². The Morgan fingerprint density at radius 3 is 0.931 bits per heavy atom. The maximum atomic E-state index is 14.2. The van der Waals surface area contributed by atoms with E-state index < -0.39 is 198 Å². The summed E-state index contributed by atoms with van der Waals surface area (Å²) in [5, 5.41) is 19.8. The molecule has 3 saturated heterocycles. The normalized spacial score (nSPS) is 22.0. The molecule has 4 rings (SSSR count). The minimum atomic E-state index is -1.47.